The number of hydrogen-bond acceptors (Lipinski definition) is 2. The van der Waals surface area contributed by atoms with Gasteiger partial charge in [-0.25, -0.2) is 0 Å². The molecule has 2 heteroatoms. The number of fused-ring (bicyclic) bond motifs is 2. The van der Waals surface area contributed by atoms with E-state index in [1.807, 2.05) is 0 Å². The maximum absolute atomic E-state index is 5.42. The van der Waals surface area contributed by atoms with Gasteiger partial charge in [0, 0.05) is 31.2 Å². The molecule has 0 unspecified atom stereocenters. The summed E-state index contributed by atoms with van der Waals surface area (Å²) in [7, 11) is 0. The van der Waals surface area contributed by atoms with E-state index in [4.69, 9.17) is 6.42 Å². The van der Waals surface area contributed by atoms with Crippen molar-refractivity contribution < 1.29 is 0 Å². The van der Waals surface area contributed by atoms with Crippen LogP contribution in [0.25, 0.3) is 0 Å². The molecule has 0 amide bonds. The lowest BCUT2D eigenvalue weighted by atomic mass is 10.2. The number of allylic oxidation sites excluding steroid dienone is 1. The van der Waals surface area contributed by atoms with Crippen LogP contribution in [-0.2, 0) is 0 Å². The van der Waals surface area contributed by atoms with Crippen LogP contribution in [0, 0.1) is 12.3 Å². The Morgan fingerprint density at radius 2 is 2.50 bits per heavy atom. The van der Waals surface area contributed by atoms with Crippen LogP contribution in [0.2, 0.25) is 0 Å². The molecule has 0 spiro atoms. The number of nitrogens with zero attached hydrogens (tertiary/aromatic N) is 1. The molecule has 0 aromatic rings. The van der Waals surface area contributed by atoms with E-state index in [9.17, 15) is 0 Å². The van der Waals surface area contributed by atoms with Crippen molar-refractivity contribution >= 4 is 0 Å². The molecule has 1 N–H and O–H groups in total. The Hall–Kier alpha value is -0.780. The van der Waals surface area contributed by atoms with Gasteiger partial charge in [0.15, 0.2) is 0 Å². The van der Waals surface area contributed by atoms with Crippen molar-refractivity contribution in [3.63, 3.8) is 0 Å². The summed E-state index contributed by atoms with van der Waals surface area (Å²) >= 11 is 0. The number of nitrogens with one attached hydrogen (secondary N) is 1. The Kier molecular flexibility index (Phi) is 1.90. The molecule has 0 aromatic carbocycles. The van der Waals surface area contributed by atoms with Crippen LogP contribution in [0.4, 0.5) is 0 Å². The molecule has 2 fully saturated rings. The van der Waals surface area contributed by atoms with Crippen LogP contribution in [0.1, 0.15) is 19.3 Å². The number of rotatable bonds is 1. The van der Waals surface area contributed by atoms with Crippen LogP contribution in [0.5, 0.6) is 0 Å². The zero-order valence-electron chi connectivity index (χ0n) is 8.37. The predicted octanol–water partition coefficient (Wildman–Crippen LogP) is 0.754. The Labute approximate surface area is 85.4 Å². The van der Waals surface area contributed by atoms with E-state index >= 15 is 0 Å². The van der Waals surface area contributed by atoms with Gasteiger partial charge < -0.3 is 5.32 Å². The highest BCUT2D eigenvalue weighted by atomic mass is 15.3. The SMILES string of the molecule is C#CC1=C[C@@H](N2C[C@@H]3C[C@H]2CN3)CC1. The first kappa shape index (κ1) is 8.52. The monoisotopic (exact) mass is 188 g/mol. The number of terminal acetylenes is 1. The first-order chi connectivity index (χ1) is 6.86. The molecule has 2 saturated heterocycles. The summed E-state index contributed by atoms with van der Waals surface area (Å²) in [5.74, 6) is 2.78. The van der Waals surface area contributed by atoms with Gasteiger partial charge in [-0.15, -0.1) is 6.42 Å². The lowest BCUT2D eigenvalue weighted by Gasteiger charge is -2.31. The number of hydrogen-bond donors (Lipinski definition) is 1. The van der Waals surface area contributed by atoms with E-state index in [1.54, 1.807) is 0 Å². The molecule has 2 bridgehead atoms. The summed E-state index contributed by atoms with van der Waals surface area (Å²) in [5, 5.41) is 3.53. The van der Waals surface area contributed by atoms with Crippen molar-refractivity contribution in [2.75, 3.05) is 13.1 Å². The van der Waals surface area contributed by atoms with Crippen LogP contribution >= 0.6 is 0 Å². The molecule has 0 saturated carbocycles. The molecular formula is C12H16N2. The van der Waals surface area contributed by atoms with Gasteiger partial charge in [0.1, 0.15) is 0 Å². The van der Waals surface area contributed by atoms with E-state index in [0.717, 1.165) is 18.5 Å². The number of likely N-dealkylation sites (tertiary alicyclic amines) is 1. The minimum Gasteiger partial charge on any atom is -0.311 e. The first-order valence-electron chi connectivity index (χ1n) is 5.53. The third-order valence-electron chi connectivity index (χ3n) is 3.81. The van der Waals surface area contributed by atoms with E-state index < -0.39 is 0 Å². The highest BCUT2D eigenvalue weighted by molar-refractivity contribution is 5.31. The van der Waals surface area contributed by atoms with Crippen molar-refractivity contribution in [3.8, 4) is 12.3 Å². The largest absolute Gasteiger partial charge is 0.311 e. The lowest BCUT2D eigenvalue weighted by molar-refractivity contribution is 0.186. The fourth-order valence-electron chi connectivity index (χ4n) is 3.08. The Bertz CT molecular complexity index is 313. The summed E-state index contributed by atoms with van der Waals surface area (Å²) < 4.78 is 0. The van der Waals surface area contributed by atoms with Gasteiger partial charge >= 0.3 is 0 Å². The summed E-state index contributed by atoms with van der Waals surface area (Å²) in [6.07, 6.45) is 11.4. The topological polar surface area (TPSA) is 15.3 Å². The second-order valence-electron chi connectivity index (χ2n) is 4.63. The van der Waals surface area contributed by atoms with Gasteiger partial charge in [-0.1, -0.05) is 12.0 Å². The highest BCUT2D eigenvalue weighted by Crippen LogP contribution is 2.31. The zero-order valence-corrected chi connectivity index (χ0v) is 8.37. The summed E-state index contributed by atoms with van der Waals surface area (Å²) in [4.78, 5) is 2.64. The standard InChI is InChI=1S/C12H16N2/c1-2-9-3-4-11(5-9)14-8-10-6-12(14)7-13-10/h1,5,10-13H,3-4,6-8H2/t10-,11-,12-/m0/s1. The average Bonchev–Trinajstić information content (AvgIpc) is 2.93. The Morgan fingerprint density at radius 1 is 1.57 bits per heavy atom. The van der Waals surface area contributed by atoms with Gasteiger partial charge in [0.2, 0.25) is 0 Å². The summed E-state index contributed by atoms with van der Waals surface area (Å²) in [6.45, 7) is 2.41. The molecule has 3 atom stereocenters. The molecule has 2 nitrogen and oxygen atoms in total. The molecule has 1 aliphatic carbocycles. The van der Waals surface area contributed by atoms with Crippen molar-refractivity contribution in [2.24, 2.45) is 0 Å². The van der Waals surface area contributed by atoms with E-state index in [-0.39, 0.29) is 0 Å². The Balaban J connectivity index is 1.73. The van der Waals surface area contributed by atoms with Gasteiger partial charge in [0.25, 0.3) is 0 Å². The lowest BCUT2D eigenvalue weighted by Crippen LogP contribution is -2.47. The third-order valence-corrected chi connectivity index (χ3v) is 3.81. The zero-order chi connectivity index (χ0) is 9.54. The highest BCUT2D eigenvalue weighted by Gasteiger charge is 2.40. The van der Waals surface area contributed by atoms with Crippen molar-refractivity contribution in [2.45, 2.75) is 37.4 Å². The van der Waals surface area contributed by atoms with Crippen LogP contribution in [0.3, 0.4) is 0 Å². The molecule has 2 heterocycles. The second kappa shape index (κ2) is 3.12. The van der Waals surface area contributed by atoms with E-state index in [0.29, 0.717) is 6.04 Å². The van der Waals surface area contributed by atoms with Crippen LogP contribution in [0.15, 0.2) is 11.6 Å². The minimum atomic E-state index is 0.637. The van der Waals surface area contributed by atoms with Crippen molar-refractivity contribution in [1.29, 1.82) is 0 Å². The fourth-order valence-corrected chi connectivity index (χ4v) is 3.08. The minimum absolute atomic E-state index is 0.637. The normalized spacial score (nSPS) is 41.4. The maximum atomic E-state index is 5.42. The summed E-state index contributed by atoms with van der Waals surface area (Å²) in [6, 6.07) is 2.17. The van der Waals surface area contributed by atoms with Crippen molar-refractivity contribution in [3.05, 3.63) is 11.6 Å². The maximum Gasteiger partial charge on any atom is 0.0297 e. The molecular weight excluding hydrogens is 172 g/mol. The second-order valence-corrected chi connectivity index (χ2v) is 4.63. The molecule has 0 aromatic heterocycles. The average molecular weight is 188 g/mol. The van der Waals surface area contributed by atoms with Crippen molar-refractivity contribution in [1.82, 2.24) is 10.2 Å². The van der Waals surface area contributed by atoms with Crippen LogP contribution in [-0.4, -0.2) is 36.1 Å². The van der Waals surface area contributed by atoms with Gasteiger partial charge in [-0.3, -0.25) is 4.90 Å². The quantitative estimate of drug-likeness (QED) is 0.611. The molecule has 0 radical (unpaired) electrons. The molecule has 3 rings (SSSR count). The van der Waals surface area contributed by atoms with Gasteiger partial charge in [-0.2, -0.15) is 0 Å². The smallest absolute Gasteiger partial charge is 0.0297 e. The molecule has 74 valence electrons. The van der Waals surface area contributed by atoms with E-state index in [1.165, 1.54) is 31.5 Å². The fraction of sp³-hybridized carbons (Fsp3) is 0.667. The first-order valence-corrected chi connectivity index (χ1v) is 5.53. The van der Waals surface area contributed by atoms with E-state index in [2.05, 4.69) is 22.2 Å². The molecule has 14 heavy (non-hydrogen) atoms. The summed E-state index contributed by atoms with van der Waals surface area (Å²) in [5.41, 5.74) is 1.21. The van der Waals surface area contributed by atoms with Crippen LogP contribution < -0.4 is 5.32 Å². The van der Waals surface area contributed by atoms with Gasteiger partial charge in [0.05, 0.1) is 0 Å². The predicted molar refractivity (Wildman–Crippen MR) is 56.8 cm³/mol. The van der Waals surface area contributed by atoms with Gasteiger partial charge in [-0.05, 0) is 24.8 Å². The third kappa shape index (κ3) is 1.20. The molecule has 3 aliphatic rings. The molecule has 2 aliphatic heterocycles. The number of piperazine rings is 1. The Morgan fingerprint density at radius 3 is 3.07 bits per heavy atom.